The minimum absolute atomic E-state index is 0.0666. The highest BCUT2D eigenvalue weighted by atomic mass is 19.1. The highest BCUT2D eigenvalue weighted by Crippen LogP contribution is 2.32. The van der Waals surface area contributed by atoms with Crippen molar-refractivity contribution in [3.63, 3.8) is 0 Å². The van der Waals surface area contributed by atoms with Crippen LogP contribution >= 0.6 is 0 Å². The summed E-state index contributed by atoms with van der Waals surface area (Å²) in [5.74, 6) is 0.798. The maximum absolute atomic E-state index is 12.4. The second-order valence-corrected chi connectivity index (χ2v) is 9.97. The van der Waals surface area contributed by atoms with Gasteiger partial charge >= 0.3 is 0 Å². The van der Waals surface area contributed by atoms with E-state index in [4.69, 9.17) is 11.0 Å². The molecule has 45 heavy (non-hydrogen) atoms. The largest absolute Gasteiger partial charge is 0.383 e. The lowest BCUT2D eigenvalue weighted by molar-refractivity contribution is -0.110. The van der Waals surface area contributed by atoms with Crippen LogP contribution in [0.15, 0.2) is 73.3 Å². The van der Waals surface area contributed by atoms with Crippen molar-refractivity contribution in [3.8, 4) is 17.2 Å². The number of nitrogens with zero attached hydrogens (tertiary/aromatic N) is 4. The number of aryl methyl sites for hydroxylation is 1. The Labute approximate surface area is 261 Å². The number of aromatic amines is 1. The maximum Gasteiger partial charge on any atom is 0.207 e. The number of benzene rings is 2. The topological polar surface area (TPSA) is 174 Å². The zero-order chi connectivity index (χ0) is 32.8. The van der Waals surface area contributed by atoms with Crippen LogP contribution < -0.4 is 21.7 Å². The number of rotatable bonds is 9. The summed E-state index contributed by atoms with van der Waals surface area (Å²) in [6, 6.07) is 17.5. The van der Waals surface area contributed by atoms with Crippen LogP contribution in [-0.2, 0) is 9.59 Å². The molecule has 0 aliphatic rings. The van der Waals surface area contributed by atoms with Crippen molar-refractivity contribution < 1.29 is 14.0 Å². The van der Waals surface area contributed by atoms with E-state index in [-0.39, 0.29) is 24.3 Å². The fourth-order valence-electron chi connectivity index (χ4n) is 4.39. The lowest BCUT2D eigenvalue weighted by Gasteiger charge is -2.19. The number of H-pyrrole nitrogens is 1. The van der Waals surface area contributed by atoms with E-state index in [0.717, 1.165) is 39.5 Å². The molecule has 5 aromatic rings. The molecule has 2 aromatic carbocycles. The summed E-state index contributed by atoms with van der Waals surface area (Å²) in [6.07, 6.45) is 6.59. The van der Waals surface area contributed by atoms with Crippen LogP contribution in [0.2, 0.25) is 0 Å². The van der Waals surface area contributed by atoms with E-state index in [2.05, 4.69) is 42.0 Å². The van der Waals surface area contributed by atoms with E-state index in [9.17, 15) is 14.0 Å². The molecule has 0 aliphatic carbocycles. The molecule has 11 nitrogen and oxygen atoms in total. The Balaban J connectivity index is 0.000000307. The number of halogens is 1. The Morgan fingerprint density at radius 3 is 2.31 bits per heavy atom. The number of hydrogen-bond acceptors (Lipinski definition) is 9. The van der Waals surface area contributed by atoms with E-state index >= 15 is 0 Å². The monoisotopic (exact) mass is 609 g/mol. The lowest BCUT2D eigenvalue weighted by Crippen LogP contribution is -2.15. The van der Waals surface area contributed by atoms with Gasteiger partial charge in [0.2, 0.25) is 6.41 Å². The molecule has 0 aliphatic heterocycles. The standard InChI is InChI=1S/C22H19N7O.C9H10FNO.C2H7N/c1-13-8-14(9-23)10-25-21(13)29-18(6-7-30)16-4-2-15(3-5-16)17-11-26-22-19(17)20(24)27-12-28-22;1-7(11-6-12)8-2-4-9(10)5-3-8;1-3-2/h2-5,7-8,10-12,18H,6H2,1H3,(H,25,29)(H3,24,26,27,28);2-7H,1H3,(H,11,12);3H,1-2H3/t;7-;/m.0./s1. The van der Waals surface area contributed by atoms with Crippen molar-refractivity contribution in [3.05, 3.63) is 101 Å². The van der Waals surface area contributed by atoms with Gasteiger partial charge in [-0.05, 0) is 68.4 Å². The number of nitrogens with one attached hydrogen (secondary N) is 4. The molecular formula is C33H36FN9O2. The molecule has 0 saturated carbocycles. The number of carbonyl (C=O) groups is 2. The highest BCUT2D eigenvalue weighted by Gasteiger charge is 2.15. The molecule has 0 radical (unpaired) electrons. The highest BCUT2D eigenvalue weighted by molar-refractivity contribution is 6.00. The quantitative estimate of drug-likeness (QED) is 0.144. The maximum atomic E-state index is 12.4. The third-order valence-corrected chi connectivity index (χ3v) is 6.66. The van der Waals surface area contributed by atoms with E-state index in [1.165, 1.54) is 24.7 Å². The minimum Gasteiger partial charge on any atom is -0.383 e. The molecule has 12 heteroatoms. The van der Waals surface area contributed by atoms with Gasteiger partial charge in [-0.2, -0.15) is 5.26 Å². The van der Waals surface area contributed by atoms with Gasteiger partial charge in [0.05, 0.1) is 23.0 Å². The summed E-state index contributed by atoms with van der Waals surface area (Å²) < 4.78 is 12.4. The number of hydrogen-bond donors (Lipinski definition) is 5. The molecule has 0 spiro atoms. The van der Waals surface area contributed by atoms with Crippen LogP contribution in [-0.4, -0.2) is 46.7 Å². The molecule has 232 valence electrons. The van der Waals surface area contributed by atoms with Crippen LogP contribution in [0.4, 0.5) is 16.0 Å². The Morgan fingerprint density at radius 2 is 1.71 bits per heavy atom. The molecule has 2 atom stereocenters. The Hall–Kier alpha value is -5.67. The zero-order valence-corrected chi connectivity index (χ0v) is 25.5. The Kier molecular flexibility index (Phi) is 12.7. The number of fused-ring (bicyclic) bond motifs is 1. The van der Waals surface area contributed by atoms with E-state index in [1.807, 2.05) is 58.4 Å². The number of nitrogens with two attached hydrogens (primary N) is 1. The molecule has 3 aromatic heterocycles. The fourth-order valence-corrected chi connectivity index (χ4v) is 4.39. The van der Waals surface area contributed by atoms with Crippen LogP contribution in [0.3, 0.4) is 0 Å². The van der Waals surface area contributed by atoms with Gasteiger partial charge < -0.3 is 31.5 Å². The number of aromatic nitrogens is 4. The molecule has 0 bridgehead atoms. The number of aldehydes is 1. The Morgan fingerprint density at radius 1 is 1.04 bits per heavy atom. The SMILES string of the molecule is CNC.C[C@H](NC=O)c1ccc(F)cc1.Cc1cc(C#N)cnc1NC(CC=O)c1ccc(-c2c[nH]c3ncnc(N)c23)cc1. The second kappa shape index (κ2) is 16.8. The number of nitriles is 1. The first-order valence-corrected chi connectivity index (χ1v) is 14.0. The molecule has 1 unspecified atom stereocenters. The van der Waals surface area contributed by atoms with E-state index < -0.39 is 0 Å². The van der Waals surface area contributed by atoms with Crippen molar-refractivity contribution in [1.29, 1.82) is 5.26 Å². The van der Waals surface area contributed by atoms with E-state index in [0.29, 0.717) is 29.3 Å². The molecule has 6 N–H and O–H groups in total. The summed E-state index contributed by atoms with van der Waals surface area (Å²) in [5.41, 5.74) is 11.8. The van der Waals surface area contributed by atoms with Gasteiger partial charge in [0, 0.05) is 24.4 Å². The first-order valence-electron chi connectivity index (χ1n) is 14.0. The normalized spacial score (nSPS) is 11.5. The van der Waals surface area contributed by atoms with Crippen LogP contribution in [0.1, 0.15) is 47.7 Å². The smallest absolute Gasteiger partial charge is 0.207 e. The van der Waals surface area contributed by atoms with Gasteiger partial charge in [0.15, 0.2) is 0 Å². The molecule has 3 heterocycles. The minimum atomic E-state index is -0.267. The third kappa shape index (κ3) is 9.16. The first kappa shape index (κ1) is 33.8. The van der Waals surface area contributed by atoms with Crippen molar-refractivity contribution in [1.82, 2.24) is 30.6 Å². The average molecular weight is 610 g/mol. The number of pyridine rings is 1. The van der Waals surface area contributed by atoms with Crippen molar-refractivity contribution in [2.75, 3.05) is 25.1 Å². The summed E-state index contributed by atoms with van der Waals surface area (Å²) in [5, 5.41) is 18.4. The third-order valence-electron chi connectivity index (χ3n) is 6.66. The number of carbonyl (C=O) groups excluding carboxylic acids is 2. The van der Waals surface area contributed by atoms with Gasteiger partial charge in [0.1, 0.15) is 41.8 Å². The number of nitrogen functional groups attached to an aromatic ring is 1. The van der Waals surface area contributed by atoms with Crippen molar-refractivity contribution in [2.45, 2.75) is 32.4 Å². The van der Waals surface area contributed by atoms with Gasteiger partial charge in [-0.1, -0.05) is 36.4 Å². The van der Waals surface area contributed by atoms with Crippen LogP contribution in [0.5, 0.6) is 0 Å². The van der Waals surface area contributed by atoms with E-state index in [1.54, 1.807) is 18.2 Å². The average Bonchev–Trinajstić information content (AvgIpc) is 3.48. The van der Waals surface area contributed by atoms with Crippen LogP contribution in [0, 0.1) is 24.1 Å². The van der Waals surface area contributed by atoms with Gasteiger partial charge in [-0.3, -0.25) is 4.79 Å². The Bertz CT molecular complexity index is 1730. The summed E-state index contributed by atoms with van der Waals surface area (Å²) in [4.78, 5) is 37.0. The molecule has 5 rings (SSSR count). The fraction of sp³-hybridized carbons (Fsp3) is 0.212. The molecule has 1 amide bonds. The summed E-state index contributed by atoms with van der Waals surface area (Å²) >= 11 is 0. The van der Waals surface area contributed by atoms with Crippen LogP contribution in [0.25, 0.3) is 22.2 Å². The number of amides is 1. The van der Waals surface area contributed by atoms with Crippen molar-refractivity contribution in [2.24, 2.45) is 0 Å². The van der Waals surface area contributed by atoms with Gasteiger partial charge in [-0.25, -0.2) is 19.3 Å². The lowest BCUT2D eigenvalue weighted by atomic mass is 9.99. The summed E-state index contributed by atoms with van der Waals surface area (Å²) in [7, 11) is 3.75. The molecule has 0 saturated heterocycles. The zero-order valence-electron chi connectivity index (χ0n) is 25.5. The molecular weight excluding hydrogens is 573 g/mol. The molecule has 0 fully saturated rings. The summed E-state index contributed by atoms with van der Waals surface area (Å²) in [6.45, 7) is 3.71. The van der Waals surface area contributed by atoms with Crippen molar-refractivity contribution >= 4 is 35.4 Å². The predicted octanol–water partition coefficient (Wildman–Crippen LogP) is 4.99. The second-order valence-electron chi connectivity index (χ2n) is 9.97. The first-order chi connectivity index (χ1) is 21.8. The van der Waals surface area contributed by atoms with Gasteiger partial charge in [0.25, 0.3) is 0 Å². The predicted molar refractivity (Wildman–Crippen MR) is 173 cm³/mol. The number of anilines is 2. The van der Waals surface area contributed by atoms with Gasteiger partial charge in [-0.15, -0.1) is 0 Å².